The third kappa shape index (κ3) is 3.88. The summed E-state index contributed by atoms with van der Waals surface area (Å²) in [5, 5.41) is 4.85. The lowest BCUT2D eigenvalue weighted by Crippen LogP contribution is -1.99. The topological polar surface area (TPSA) is 18.5 Å². The van der Waals surface area contributed by atoms with Crippen LogP contribution in [0.5, 0.6) is 17.2 Å². The van der Waals surface area contributed by atoms with Crippen molar-refractivity contribution in [2.24, 2.45) is 0 Å². The van der Waals surface area contributed by atoms with Crippen molar-refractivity contribution < 1.29 is 9.47 Å². The monoisotopic (exact) mass is 526 g/mol. The largest absolute Gasteiger partial charge is 0.497 e. The lowest BCUT2D eigenvalue weighted by Gasteiger charge is -2.24. The Kier molecular flexibility index (Phi) is 5.39. The molecule has 0 saturated heterocycles. The van der Waals surface area contributed by atoms with Crippen molar-refractivity contribution in [1.29, 1.82) is 0 Å². The van der Waals surface area contributed by atoms with E-state index in [4.69, 9.17) is 9.47 Å². The molecule has 0 bridgehead atoms. The van der Waals surface area contributed by atoms with Gasteiger partial charge in [0.1, 0.15) is 17.2 Å². The van der Waals surface area contributed by atoms with Gasteiger partial charge in [-0.1, -0.05) is 115 Å². The van der Waals surface area contributed by atoms with Crippen LogP contribution in [0.4, 0.5) is 0 Å². The van der Waals surface area contributed by atoms with Crippen LogP contribution in [0.2, 0.25) is 0 Å². The van der Waals surface area contributed by atoms with Gasteiger partial charge >= 0.3 is 0 Å². The molecule has 7 aromatic rings. The number of ether oxygens (including phenoxy) is 2. The lowest BCUT2D eigenvalue weighted by atomic mass is 9.89. The van der Waals surface area contributed by atoms with E-state index in [1.165, 1.54) is 38.2 Å². The van der Waals surface area contributed by atoms with Crippen molar-refractivity contribution in [3.63, 3.8) is 0 Å². The highest BCUT2D eigenvalue weighted by Gasteiger charge is 2.24. The Balaban J connectivity index is 1.19. The van der Waals surface area contributed by atoms with Crippen molar-refractivity contribution in [2.45, 2.75) is 0 Å². The number of benzene rings is 7. The Labute approximate surface area is 239 Å². The Morgan fingerprint density at radius 2 is 1.10 bits per heavy atom. The fourth-order valence-corrected chi connectivity index (χ4v) is 6.15. The van der Waals surface area contributed by atoms with E-state index in [1.54, 1.807) is 7.11 Å². The quantitative estimate of drug-likeness (QED) is 0.212. The molecular formula is C39H26O2. The predicted octanol–water partition coefficient (Wildman–Crippen LogP) is 10.8. The summed E-state index contributed by atoms with van der Waals surface area (Å²) in [6.07, 6.45) is 0. The third-order valence-electron chi connectivity index (χ3n) is 8.16. The molecule has 0 aliphatic carbocycles. The van der Waals surface area contributed by atoms with Crippen LogP contribution in [-0.2, 0) is 0 Å². The number of fused-ring (bicyclic) bond motifs is 4. The van der Waals surface area contributed by atoms with Crippen LogP contribution < -0.4 is 9.47 Å². The second-order valence-electron chi connectivity index (χ2n) is 10.5. The van der Waals surface area contributed by atoms with Crippen molar-refractivity contribution in [1.82, 2.24) is 0 Å². The molecule has 0 spiro atoms. The predicted molar refractivity (Wildman–Crippen MR) is 170 cm³/mol. The van der Waals surface area contributed by atoms with E-state index >= 15 is 0 Å². The molecule has 1 heterocycles. The number of methoxy groups -OCH3 is 1. The highest BCUT2D eigenvalue weighted by Crippen LogP contribution is 2.51. The molecule has 0 N–H and O–H groups in total. The highest BCUT2D eigenvalue weighted by atomic mass is 16.5. The number of hydrogen-bond acceptors (Lipinski definition) is 2. The summed E-state index contributed by atoms with van der Waals surface area (Å²) in [6, 6.07) is 49.4. The lowest BCUT2D eigenvalue weighted by molar-refractivity contribution is 0.415. The van der Waals surface area contributed by atoms with Crippen LogP contribution in [0.25, 0.3) is 66.1 Å². The maximum Gasteiger partial charge on any atom is 0.143 e. The molecule has 41 heavy (non-hydrogen) atoms. The van der Waals surface area contributed by atoms with Crippen molar-refractivity contribution >= 4 is 21.5 Å². The fourth-order valence-electron chi connectivity index (χ4n) is 6.15. The number of para-hydroxylation sites is 1. The molecule has 8 rings (SSSR count). The summed E-state index contributed by atoms with van der Waals surface area (Å²) in [6.45, 7) is 0. The molecular weight excluding hydrogens is 500 g/mol. The van der Waals surface area contributed by atoms with Gasteiger partial charge in [0.25, 0.3) is 0 Å². The van der Waals surface area contributed by atoms with Gasteiger partial charge in [0, 0.05) is 16.5 Å². The van der Waals surface area contributed by atoms with Gasteiger partial charge in [-0.3, -0.25) is 0 Å². The smallest absolute Gasteiger partial charge is 0.143 e. The molecule has 1 aliphatic rings. The SMILES string of the molecule is COc1cccc(-c2cccc(-c3ccc(-c4cccc5c4Oc4cc6ccccc6c6cccc-5c46)cc3)c2)c1. The Hall–Kier alpha value is -5.34. The van der Waals surface area contributed by atoms with Gasteiger partial charge in [0.15, 0.2) is 0 Å². The molecule has 194 valence electrons. The maximum absolute atomic E-state index is 6.73. The highest BCUT2D eigenvalue weighted by molar-refractivity contribution is 6.16. The van der Waals surface area contributed by atoms with Crippen LogP contribution in [-0.4, -0.2) is 7.11 Å². The zero-order chi connectivity index (χ0) is 27.3. The van der Waals surface area contributed by atoms with E-state index in [2.05, 4.69) is 127 Å². The molecule has 2 heteroatoms. The molecule has 7 aromatic carbocycles. The standard InChI is InChI=1S/C39H26O2/c1-40-31-12-5-11-29(23-31)28-10-4-9-27(22-28)25-18-20-26(21-19-25)33-14-6-17-36-35-16-7-15-34-32-13-3-2-8-30(32)24-37(38(34)35)41-39(33)36/h2-24H,1H3. The normalized spacial score (nSPS) is 11.7. The zero-order valence-electron chi connectivity index (χ0n) is 22.6. The van der Waals surface area contributed by atoms with Crippen molar-refractivity contribution in [3.8, 4) is 61.8 Å². The molecule has 1 aliphatic heterocycles. The van der Waals surface area contributed by atoms with Crippen LogP contribution >= 0.6 is 0 Å². The third-order valence-corrected chi connectivity index (χ3v) is 8.16. The van der Waals surface area contributed by atoms with Gasteiger partial charge in [0.2, 0.25) is 0 Å². The molecule has 0 amide bonds. The molecule has 0 aromatic heterocycles. The van der Waals surface area contributed by atoms with E-state index in [0.717, 1.165) is 45.1 Å². The first-order chi connectivity index (χ1) is 20.3. The van der Waals surface area contributed by atoms with E-state index < -0.39 is 0 Å². The summed E-state index contributed by atoms with van der Waals surface area (Å²) in [7, 11) is 1.70. The average Bonchev–Trinajstić information content (AvgIpc) is 3.05. The van der Waals surface area contributed by atoms with Crippen LogP contribution in [0, 0.1) is 0 Å². The number of hydrogen-bond donors (Lipinski definition) is 0. The molecule has 0 unspecified atom stereocenters. The minimum absolute atomic E-state index is 0.859. The Bertz CT molecular complexity index is 2100. The zero-order valence-corrected chi connectivity index (χ0v) is 22.6. The van der Waals surface area contributed by atoms with E-state index in [1.807, 2.05) is 12.1 Å². The summed E-state index contributed by atoms with van der Waals surface area (Å²) >= 11 is 0. The molecule has 0 saturated carbocycles. The van der Waals surface area contributed by atoms with Crippen LogP contribution in [0.3, 0.4) is 0 Å². The van der Waals surface area contributed by atoms with E-state index in [-0.39, 0.29) is 0 Å². The molecule has 2 nitrogen and oxygen atoms in total. The minimum atomic E-state index is 0.859. The van der Waals surface area contributed by atoms with E-state index in [9.17, 15) is 0 Å². The first-order valence-corrected chi connectivity index (χ1v) is 13.9. The maximum atomic E-state index is 6.73. The van der Waals surface area contributed by atoms with Gasteiger partial charge < -0.3 is 9.47 Å². The minimum Gasteiger partial charge on any atom is -0.497 e. The summed E-state index contributed by atoms with van der Waals surface area (Å²) in [5.74, 6) is 2.69. The Morgan fingerprint density at radius 3 is 1.95 bits per heavy atom. The average molecular weight is 527 g/mol. The first-order valence-electron chi connectivity index (χ1n) is 13.9. The summed E-state index contributed by atoms with van der Waals surface area (Å²) in [4.78, 5) is 0. The van der Waals surface area contributed by atoms with Gasteiger partial charge in [-0.2, -0.15) is 0 Å². The summed E-state index contributed by atoms with van der Waals surface area (Å²) < 4.78 is 12.2. The van der Waals surface area contributed by atoms with Gasteiger partial charge in [-0.15, -0.1) is 0 Å². The van der Waals surface area contributed by atoms with Gasteiger partial charge in [-0.05, 0) is 73.8 Å². The second-order valence-corrected chi connectivity index (χ2v) is 10.5. The molecule has 0 atom stereocenters. The van der Waals surface area contributed by atoms with Gasteiger partial charge in [0.05, 0.1) is 7.11 Å². The second kappa shape index (κ2) is 9.39. The van der Waals surface area contributed by atoms with Gasteiger partial charge in [-0.25, -0.2) is 0 Å². The van der Waals surface area contributed by atoms with Crippen LogP contribution in [0.15, 0.2) is 140 Å². The van der Waals surface area contributed by atoms with Crippen molar-refractivity contribution in [2.75, 3.05) is 7.11 Å². The Morgan fingerprint density at radius 1 is 0.463 bits per heavy atom. The molecule has 0 radical (unpaired) electrons. The van der Waals surface area contributed by atoms with Crippen LogP contribution in [0.1, 0.15) is 0 Å². The molecule has 0 fully saturated rings. The summed E-state index contributed by atoms with van der Waals surface area (Å²) in [5.41, 5.74) is 9.22. The fraction of sp³-hybridized carbons (Fsp3) is 0.0256. The number of rotatable bonds is 4. The van der Waals surface area contributed by atoms with Crippen molar-refractivity contribution in [3.05, 3.63) is 140 Å². The van der Waals surface area contributed by atoms with E-state index in [0.29, 0.717) is 0 Å². The first kappa shape index (κ1) is 23.5.